The number of benzene rings is 2. The van der Waals surface area contributed by atoms with Crippen LogP contribution in [-0.4, -0.2) is 94.5 Å². The van der Waals surface area contributed by atoms with Crippen molar-refractivity contribution in [3.63, 3.8) is 0 Å². The van der Waals surface area contributed by atoms with Gasteiger partial charge in [0, 0.05) is 24.6 Å². The van der Waals surface area contributed by atoms with Gasteiger partial charge in [-0.3, -0.25) is 24.1 Å². The molecule has 0 bridgehead atoms. The predicted octanol–water partition coefficient (Wildman–Crippen LogP) is -8.47. The zero-order valence-corrected chi connectivity index (χ0v) is 33.6. The van der Waals surface area contributed by atoms with E-state index >= 15 is 0 Å². The van der Waals surface area contributed by atoms with Crippen LogP contribution in [-0.2, 0) is 26.2 Å². The molecule has 2 aromatic carbocycles. The first-order valence-corrected chi connectivity index (χ1v) is 16.6. The molecular formula is C30H23N7Na2O12S2. The summed E-state index contributed by atoms with van der Waals surface area (Å²) in [5.41, 5.74) is -1.45. The number of nitrogens with one attached hydrogen (secondary N) is 2. The predicted molar refractivity (Wildman–Crippen MR) is 170 cm³/mol. The molecule has 264 valence electrons. The van der Waals surface area contributed by atoms with Crippen molar-refractivity contribution < 1.29 is 113 Å². The van der Waals surface area contributed by atoms with Crippen molar-refractivity contribution in [2.24, 2.45) is 7.05 Å². The topological polar surface area (TPSA) is 282 Å². The minimum Gasteiger partial charge on any atom is -0.546 e. The molecule has 53 heavy (non-hydrogen) atoms. The van der Waals surface area contributed by atoms with E-state index in [0.29, 0.717) is 10.7 Å². The number of phenolic OH excluding ortho intramolecular Hbond substituents is 2. The third kappa shape index (κ3) is 8.67. The number of hydrogen-bond acceptors (Lipinski definition) is 17. The molecule has 2 aliphatic heterocycles. The maximum Gasteiger partial charge on any atom is 1.00 e. The summed E-state index contributed by atoms with van der Waals surface area (Å²) >= 11 is 2.35. The summed E-state index contributed by atoms with van der Waals surface area (Å²) in [6.07, 6.45) is 0.804. The van der Waals surface area contributed by atoms with E-state index in [1.165, 1.54) is 40.7 Å². The average molecular weight is 784 g/mol. The van der Waals surface area contributed by atoms with Gasteiger partial charge in [0.25, 0.3) is 11.8 Å². The van der Waals surface area contributed by atoms with Crippen LogP contribution in [0.25, 0.3) is 11.0 Å². The number of tetrazole rings is 1. The van der Waals surface area contributed by atoms with E-state index in [1.54, 1.807) is 7.05 Å². The Labute approximate surface area is 350 Å². The molecule has 3 amide bonds. The number of fused-ring (bicyclic) bond motifs is 2. The average Bonchev–Trinajstić information content (AvgIpc) is 3.52. The first kappa shape index (κ1) is 41.7. The van der Waals surface area contributed by atoms with Gasteiger partial charge in [0.15, 0.2) is 11.5 Å². The molecule has 1 unspecified atom stereocenters. The van der Waals surface area contributed by atoms with Gasteiger partial charge in [0.2, 0.25) is 16.5 Å². The Hall–Kier alpha value is -4.09. The second kappa shape index (κ2) is 17.4. The number of rotatable bonds is 12. The summed E-state index contributed by atoms with van der Waals surface area (Å²) in [7, 11) is 1.61. The maximum atomic E-state index is 13.8. The number of carbonyl (C=O) groups is 5. The fourth-order valence-electron chi connectivity index (χ4n) is 5.23. The number of β-lactam (4-membered cyclic amide) rings is 1. The number of thioether (sulfide) groups is 2. The molecule has 2 aromatic heterocycles. The minimum atomic E-state index is -1.59. The first-order valence-electron chi connectivity index (χ1n) is 14.6. The molecular weight excluding hydrogens is 760 g/mol. The van der Waals surface area contributed by atoms with Crippen molar-refractivity contribution in [1.29, 1.82) is 0 Å². The van der Waals surface area contributed by atoms with Gasteiger partial charge in [0.1, 0.15) is 47.2 Å². The van der Waals surface area contributed by atoms with Gasteiger partial charge < -0.3 is 49.8 Å². The van der Waals surface area contributed by atoms with Crippen LogP contribution in [0.5, 0.6) is 17.2 Å². The minimum absolute atomic E-state index is 0. The molecule has 3 atom stereocenters. The van der Waals surface area contributed by atoms with Crippen LogP contribution in [0.3, 0.4) is 0 Å². The Morgan fingerprint density at radius 2 is 1.81 bits per heavy atom. The van der Waals surface area contributed by atoms with Gasteiger partial charge in [-0.25, -0.2) is 4.68 Å². The van der Waals surface area contributed by atoms with Gasteiger partial charge in [-0.05, 0) is 39.8 Å². The van der Waals surface area contributed by atoms with Crippen LogP contribution in [0.1, 0.15) is 22.0 Å². The van der Waals surface area contributed by atoms with E-state index in [1.807, 2.05) is 0 Å². The number of aliphatic carboxylic acids is 2. The van der Waals surface area contributed by atoms with Crippen molar-refractivity contribution in [2.75, 3.05) is 18.1 Å². The second-order valence-electron chi connectivity index (χ2n) is 11.0. The summed E-state index contributed by atoms with van der Waals surface area (Å²) in [5.74, 6) is -6.66. The monoisotopic (exact) mass is 783 g/mol. The normalized spacial score (nSPS) is 16.7. The van der Waals surface area contributed by atoms with E-state index in [2.05, 4.69) is 26.2 Å². The number of aromatic hydroxyl groups is 2. The third-order valence-electron chi connectivity index (χ3n) is 7.72. The second-order valence-corrected chi connectivity index (χ2v) is 13.0. The molecule has 23 heteroatoms. The maximum absolute atomic E-state index is 13.8. The molecule has 4 aromatic rings. The Balaban J connectivity index is 0.00000314. The van der Waals surface area contributed by atoms with E-state index in [0.717, 1.165) is 35.1 Å². The smallest absolute Gasteiger partial charge is 0.546 e. The van der Waals surface area contributed by atoms with Crippen LogP contribution in [0.4, 0.5) is 0 Å². The van der Waals surface area contributed by atoms with Gasteiger partial charge in [-0.2, -0.15) is 0 Å². The summed E-state index contributed by atoms with van der Waals surface area (Å²) in [6.45, 7) is -0.759. The summed E-state index contributed by atoms with van der Waals surface area (Å²) in [6, 6.07) is 4.37. The number of ether oxygens (including phenoxy) is 1. The standard InChI is InChI=1S/C30H25N7O12S2.2Na/c1-36-30(33-34-35-36)51-11-13-10-50-28-22(27(45)37(28)23(13)29(46)47)32-26(44)21(12-2-4-14(5-3-12)48-9-20(40)41)31-25(43)16-8-49-19-7-18(39)17(38)6-15(19)24(16)42;;/h2-8,21-22,28,38-39H,9-11H2,1H3,(H,31,43)(H,32,44)(H,40,41)(H,46,47);;/q;2*+1/p-2/t21?,22-,28+;;/m1../s1. The third-order valence-corrected chi connectivity index (χ3v) is 10.2. The van der Waals surface area contributed by atoms with Crippen molar-refractivity contribution in [3.8, 4) is 17.2 Å². The van der Waals surface area contributed by atoms with Gasteiger partial charge in [0.05, 0.1) is 23.0 Å². The number of carboxylic acids is 2. The molecule has 4 N–H and O–H groups in total. The number of aryl methyl sites for hydroxylation is 1. The van der Waals surface area contributed by atoms with Crippen LogP contribution in [0.15, 0.2) is 68.3 Å². The Morgan fingerprint density at radius 3 is 2.45 bits per heavy atom. The van der Waals surface area contributed by atoms with Crippen LogP contribution >= 0.6 is 23.5 Å². The van der Waals surface area contributed by atoms with Crippen LogP contribution in [0.2, 0.25) is 0 Å². The van der Waals surface area contributed by atoms with Crippen LogP contribution in [0, 0.1) is 0 Å². The molecule has 1 saturated heterocycles. The number of carboxylic acid groups (broad SMARTS) is 2. The molecule has 1 fully saturated rings. The fourth-order valence-corrected chi connectivity index (χ4v) is 7.57. The molecule has 2 aliphatic rings. The SMILES string of the molecule is Cn1nnnc1SCC1=C(C(=O)[O-])N2C(=O)[C@@H](NC(=O)C(NC(=O)c3coc4cc(O)c(O)cc4c3=O)c3ccc(OCC(=O)[O-])cc3)[C@@H]2SC1.[Na+].[Na+]. The van der Waals surface area contributed by atoms with E-state index in [9.17, 15) is 49.2 Å². The Morgan fingerprint density at radius 1 is 1.11 bits per heavy atom. The Bertz CT molecular complexity index is 2200. The summed E-state index contributed by atoms with van der Waals surface area (Å²) in [4.78, 5) is 77.8. The number of nitrogens with zero attached hydrogens (tertiary/aromatic N) is 5. The largest absolute Gasteiger partial charge is 1.00 e. The van der Waals surface area contributed by atoms with Crippen molar-refractivity contribution in [1.82, 2.24) is 35.7 Å². The van der Waals surface area contributed by atoms with Crippen molar-refractivity contribution in [3.05, 3.63) is 75.3 Å². The van der Waals surface area contributed by atoms with E-state index in [-0.39, 0.29) is 98.6 Å². The molecule has 4 heterocycles. The number of aromatic nitrogens is 4. The summed E-state index contributed by atoms with van der Waals surface area (Å²) in [5, 5.41) is 58.0. The summed E-state index contributed by atoms with van der Waals surface area (Å²) < 4.78 is 11.8. The molecule has 0 radical (unpaired) electrons. The molecule has 0 saturated carbocycles. The van der Waals surface area contributed by atoms with Crippen molar-refractivity contribution >= 4 is 64.2 Å². The quantitative estimate of drug-likeness (QED) is 0.0449. The zero-order valence-electron chi connectivity index (χ0n) is 27.9. The number of carbonyl (C=O) groups excluding carboxylic acids is 5. The van der Waals surface area contributed by atoms with Crippen molar-refractivity contribution in [2.45, 2.75) is 22.6 Å². The molecule has 0 aliphatic carbocycles. The van der Waals surface area contributed by atoms with Gasteiger partial charge in [-0.15, -0.1) is 16.9 Å². The van der Waals surface area contributed by atoms with Crippen LogP contribution < -0.4 is 90.1 Å². The van der Waals surface area contributed by atoms with E-state index in [4.69, 9.17) is 9.15 Å². The van der Waals surface area contributed by atoms with Gasteiger partial charge in [-0.1, -0.05) is 23.9 Å². The fraction of sp³-hybridized carbons (Fsp3) is 0.233. The number of phenols is 2. The van der Waals surface area contributed by atoms with Gasteiger partial charge >= 0.3 is 59.1 Å². The number of amides is 3. The zero-order chi connectivity index (χ0) is 36.6. The van der Waals surface area contributed by atoms with E-state index < -0.39 is 76.2 Å². The first-order chi connectivity index (χ1) is 24.3. The molecule has 6 rings (SSSR count). The number of hydrogen-bond donors (Lipinski definition) is 4. The Kier molecular flexibility index (Phi) is 13.7. The molecule has 19 nitrogen and oxygen atoms in total. The molecule has 0 spiro atoms.